The van der Waals surface area contributed by atoms with Crippen LogP contribution >= 0.6 is 11.6 Å². The number of aliphatic carboxylic acids is 1. The second-order valence-electron chi connectivity index (χ2n) is 8.07. The van der Waals surface area contributed by atoms with E-state index >= 15 is 0 Å². The first-order valence-corrected chi connectivity index (χ1v) is 11.2. The molecule has 4 rings (SSSR count). The Balaban J connectivity index is 1.55. The molecule has 4 aromatic rings. The average Bonchev–Trinajstić information content (AvgIpc) is 3.25. The van der Waals surface area contributed by atoms with Crippen LogP contribution in [-0.2, 0) is 11.0 Å². The molecule has 3 aromatic carbocycles. The van der Waals surface area contributed by atoms with Gasteiger partial charge in [0.05, 0.1) is 28.7 Å². The third-order valence-electron chi connectivity index (χ3n) is 5.55. The standard InChI is InChI=1S/C26H19ClF3N3O4/c27-19-3-1-2-4-22(19)33-23(34)13-21(32-33)25(37)31-20(14-24(35)36)17-7-5-15(6-8-17)16-9-11-18(12-10-16)26(28,29)30/h1-13,20,34H,14H2,(H,31,37)(H,35,36). The van der Waals surface area contributed by atoms with Gasteiger partial charge in [0.15, 0.2) is 5.69 Å². The number of carboxylic acids is 1. The zero-order chi connectivity index (χ0) is 26.7. The topological polar surface area (TPSA) is 104 Å². The van der Waals surface area contributed by atoms with Crippen molar-refractivity contribution in [2.75, 3.05) is 0 Å². The predicted molar refractivity (Wildman–Crippen MR) is 130 cm³/mol. The Labute approximate surface area is 213 Å². The summed E-state index contributed by atoms with van der Waals surface area (Å²) < 4.78 is 39.5. The number of aromatic nitrogens is 2. The van der Waals surface area contributed by atoms with Crippen molar-refractivity contribution in [1.29, 1.82) is 0 Å². The van der Waals surface area contributed by atoms with Crippen LogP contribution in [0, 0.1) is 0 Å². The Morgan fingerprint density at radius 2 is 1.57 bits per heavy atom. The van der Waals surface area contributed by atoms with Crippen LogP contribution in [0.3, 0.4) is 0 Å². The van der Waals surface area contributed by atoms with Crippen molar-refractivity contribution in [3.05, 3.63) is 101 Å². The third kappa shape index (κ3) is 5.92. The number of hydrogen-bond donors (Lipinski definition) is 3. The van der Waals surface area contributed by atoms with E-state index in [9.17, 15) is 33.0 Å². The molecule has 1 atom stereocenters. The van der Waals surface area contributed by atoms with Gasteiger partial charge in [-0.25, -0.2) is 0 Å². The van der Waals surface area contributed by atoms with Gasteiger partial charge in [-0.05, 0) is 41.0 Å². The normalized spacial score (nSPS) is 12.2. The predicted octanol–water partition coefficient (Wildman–Crippen LogP) is 5.86. The van der Waals surface area contributed by atoms with Gasteiger partial charge in [-0.2, -0.15) is 23.0 Å². The van der Waals surface area contributed by atoms with Crippen molar-refractivity contribution in [3.8, 4) is 22.7 Å². The lowest BCUT2D eigenvalue weighted by molar-refractivity contribution is -0.138. The molecule has 7 nitrogen and oxygen atoms in total. The molecule has 1 unspecified atom stereocenters. The van der Waals surface area contributed by atoms with E-state index < -0.39 is 36.1 Å². The highest BCUT2D eigenvalue weighted by Crippen LogP contribution is 2.31. The Hall–Kier alpha value is -4.31. The lowest BCUT2D eigenvalue weighted by Gasteiger charge is -2.17. The number of carbonyl (C=O) groups is 2. The fourth-order valence-electron chi connectivity index (χ4n) is 3.70. The van der Waals surface area contributed by atoms with E-state index in [0.29, 0.717) is 27.4 Å². The summed E-state index contributed by atoms with van der Waals surface area (Å²) in [5.41, 5.74) is 1.04. The molecule has 1 heterocycles. The molecule has 0 aliphatic heterocycles. The van der Waals surface area contributed by atoms with Crippen LogP contribution in [0.15, 0.2) is 78.9 Å². The number of hydrogen-bond acceptors (Lipinski definition) is 4. The SMILES string of the molecule is O=C(O)CC(NC(=O)c1cc(O)n(-c2ccccc2Cl)n1)c1ccc(-c2ccc(C(F)(F)F)cc2)cc1. The average molecular weight is 530 g/mol. The lowest BCUT2D eigenvalue weighted by atomic mass is 9.98. The summed E-state index contributed by atoms with van der Waals surface area (Å²) in [5, 5.41) is 26.6. The molecule has 1 aromatic heterocycles. The zero-order valence-electron chi connectivity index (χ0n) is 18.9. The molecule has 0 bridgehead atoms. The number of benzene rings is 3. The number of carbonyl (C=O) groups excluding carboxylic acids is 1. The van der Waals surface area contributed by atoms with Gasteiger partial charge in [0.2, 0.25) is 5.88 Å². The molecule has 11 heteroatoms. The van der Waals surface area contributed by atoms with E-state index in [1.807, 2.05) is 0 Å². The second-order valence-corrected chi connectivity index (χ2v) is 8.48. The summed E-state index contributed by atoms with van der Waals surface area (Å²) in [4.78, 5) is 24.3. The summed E-state index contributed by atoms with van der Waals surface area (Å²) in [6, 6.07) is 17.8. The van der Waals surface area contributed by atoms with Crippen molar-refractivity contribution < 1.29 is 33.0 Å². The van der Waals surface area contributed by atoms with Gasteiger partial charge in [-0.1, -0.05) is 60.1 Å². The van der Waals surface area contributed by atoms with E-state index in [4.69, 9.17) is 11.6 Å². The van der Waals surface area contributed by atoms with Crippen LogP contribution in [0.2, 0.25) is 5.02 Å². The molecule has 37 heavy (non-hydrogen) atoms. The quantitative estimate of drug-likeness (QED) is 0.278. The van der Waals surface area contributed by atoms with Gasteiger partial charge < -0.3 is 15.5 Å². The Kier molecular flexibility index (Phi) is 7.21. The number of halogens is 4. The summed E-state index contributed by atoms with van der Waals surface area (Å²) in [7, 11) is 0. The zero-order valence-corrected chi connectivity index (χ0v) is 19.7. The van der Waals surface area contributed by atoms with E-state index in [0.717, 1.165) is 22.9 Å². The number of rotatable bonds is 7. The Morgan fingerprint density at radius 1 is 0.973 bits per heavy atom. The molecular formula is C26H19ClF3N3O4. The van der Waals surface area contributed by atoms with Crippen LogP contribution in [0.5, 0.6) is 5.88 Å². The first kappa shape index (κ1) is 25.8. The molecule has 0 aliphatic carbocycles. The first-order valence-electron chi connectivity index (χ1n) is 10.9. The van der Waals surface area contributed by atoms with Crippen molar-refractivity contribution in [1.82, 2.24) is 15.1 Å². The minimum atomic E-state index is -4.44. The summed E-state index contributed by atoms with van der Waals surface area (Å²) >= 11 is 6.14. The molecule has 3 N–H and O–H groups in total. The minimum absolute atomic E-state index is 0.158. The number of alkyl halides is 3. The second kappa shape index (κ2) is 10.4. The molecule has 0 saturated carbocycles. The maximum atomic E-state index is 12.9. The van der Waals surface area contributed by atoms with Gasteiger partial charge in [0.1, 0.15) is 0 Å². The van der Waals surface area contributed by atoms with E-state index in [2.05, 4.69) is 10.4 Å². The number of carboxylic acid groups (broad SMARTS) is 1. The third-order valence-corrected chi connectivity index (χ3v) is 5.87. The summed E-state index contributed by atoms with van der Waals surface area (Å²) in [6.45, 7) is 0. The Bertz CT molecular complexity index is 1430. The van der Waals surface area contributed by atoms with Gasteiger partial charge >= 0.3 is 12.1 Å². The van der Waals surface area contributed by atoms with Crippen LogP contribution < -0.4 is 5.32 Å². The molecule has 190 valence electrons. The van der Waals surface area contributed by atoms with Crippen LogP contribution in [0.25, 0.3) is 16.8 Å². The highest BCUT2D eigenvalue weighted by atomic mass is 35.5. The van der Waals surface area contributed by atoms with Crippen LogP contribution in [0.4, 0.5) is 13.2 Å². The van der Waals surface area contributed by atoms with Gasteiger partial charge in [0.25, 0.3) is 5.91 Å². The molecule has 0 radical (unpaired) electrons. The molecule has 1 amide bonds. The fraction of sp³-hybridized carbons (Fsp3) is 0.115. The van der Waals surface area contributed by atoms with Gasteiger partial charge in [-0.3, -0.25) is 9.59 Å². The van der Waals surface area contributed by atoms with Gasteiger partial charge in [0, 0.05) is 6.07 Å². The first-order chi connectivity index (χ1) is 17.5. The van der Waals surface area contributed by atoms with Crippen molar-refractivity contribution in [2.45, 2.75) is 18.6 Å². The van der Waals surface area contributed by atoms with Crippen LogP contribution in [0.1, 0.15) is 34.1 Å². The number of nitrogens with one attached hydrogen (secondary N) is 1. The highest BCUT2D eigenvalue weighted by Gasteiger charge is 2.30. The number of amides is 1. The molecule has 0 spiro atoms. The van der Waals surface area contributed by atoms with E-state index in [1.165, 1.54) is 12.1 Å². The maximum absolute atomic E-state index is 12.9. The highest BCUT2D eigenvalue weighted by molar-refractivity contribution is 6.32. The maximum Gasteiger partial charge on any atom is 0.416 e. The monoisotopic (exact) mass is 529 g/mol. The fourth-order valence-corrected chi connectivity index (χ4v) is 3.92. The molecule has 0 saturated heterocycles. The number of para-hydroxylation sites is 1. The Morgan fingerprint density at radius 3 is 2.14 bits per heavy atom. The molecule has 0 aliphatic rings. The molecular weight excluding hydrogens is 511 g/mol. The largest absolute Gasteiger partial charge is 0.493 e. The lowest BCUT2D eigenvalue weighted by Crippen LogP contribution is -2.30. The number of aromatic hydroxyl groups is 1. The van der Waals surface area contributed by atoms with E-state index in [-0.39, 0.29) is 11.6 Å². The van der Waals surface area contributed by atoms with Crippen molar-refractivity contribution >= 4 is 23.5 Å². The van der Waals surface area contributed by atoms with Crippen molar-refractivity contribution in [3.63, 3.8) is 0 Å². The van der Waals surface area contributed by atoms with E-state index in [1.54, 1.807) is 48.5 Å². The summed E-state index contributed by atoms with van der Waals surface area (Å²) in [5.74, 6) is -2.23. The minimum Gasteiger partial charge on any atom is -0.493 e. The summed E-state index contributed by atoms with van der Waals surface area (Å²) in [6.07, 6.45) is -4.88. The van der Waals surface area contributed by atoms with Crippen LogP contribution in [-0.4, -0.2) is 31.9 Å². The van der Waals surface area contributed by atoms with Crippen molar-refractivity contribution in [2.24, 2.45) is 0 Å². The molecule has 0 fully saturated rings. The van der Waals surface area contributed by atoms with Gasteiger partial charge in [-0.15, -0.1) is 0 Å². The smallest absolute Gasteiger partial charge is 0.416 e. The number of nitrogens with zero attached hydrogens (tertiary/aromatic N) is 2.